The molecule has 0 aromatic carbocycles. The SMILES string of the molecule is CC[C@]1(N2CCC(C)C2)CCCCC1=O. The van der Waals surface area contributed by atoms with Crippen LogP contribution in [0, 0.1) is 5.92 Å². The quantitative estimate of drug-likeness (QED) is 0.697. The average molecular weight is 209 g/mol. The Morgan fingerprint density at radius 1 is 1.47 bits per heavy atom. The number of carbonyl (C=O) groups is 1. The monoisotopic (exact) mass is 209 g/mol. The number of hydrogen-bond donors (Lipinski definition) is 0. The fourth-order valence-electron chi connectivity index (χ4n) is 3.33. The molecule has 1 heterocycles. The third-order valence-electron chi connectivity index (χ3n) is 4.38. The van der Waals surface area contributed by atoms with Gasteiger partial charge in [-0.05, 0) is 38.1 Å². The highest BCUT2D eigenvalue weighted by Gasteiger charge is 2.44. The molecule has 0 spiro atoms. The topological polar surface area (TPSA) is 20.3 Å². The minimum Gasteiger partial charge on any atom is -0.298 e. The van der Waals surface area contributed by atoms with Crippen molar-refractivity contribution in [2.75, 3.05) is 13.1 Å². The van der Waals surface area contributed by atoms with Crippen LogP contribution in [0.15, 0.2) is 0 Å². The summed E-state index contributed by atoms with van der Waals surface area (Å²) in [5, 5.41) is 0. The molecule has 2 atom stereocenters. The van der Waals surface area contributed by atoms with Gasteiger partial charge in [-0.15, -0.1) is 0 Å². The maximum Gasteiger partial charge on any atom is 0.153 e. The summed E-state index contributed by atoms with van der Waals surface area (Å²) in [6.07, 6.45) is 6.57. The van der Waals surface area contributed by atoms with Crippen molar-refractivity contribution in [1.29, 1.82) is 0 Å². The summed E-state index contributed by atoms with van der Waals surface area (Å²) in [4.78, 5) is 14.7. The van der Waals surface area contributed by atoms with Crippen molar-refractivity contribution >= 4 is 5.78 Å². The predicted molar refractivity (Wildman–Crippen MR) is 61.9 cm³/mol. The van der Waals surface area contributed by atoms with Gasteiger partial charge in [0, 0.05) is 13.0 Å². The number of likely N-dealkylation sites (tertiary alicyclic amines) is 1. The molecule has 1 saturated carbocycles. The van der Waals surface area contributed by atoms with E-state index in [0.717, 1.165) is 44.7 Å². The Labute approximate surface area is 93.0 Å². The molecule has 1 aliphatic carbocycles. The van der Waals surface area contributed by atoms with Crippen LogP contribution in [0.4, 0.5) is 0 Å². The number of nitrogens with zero attached hydrogens (tertiary/aromatic N) is 1. The zero-order chi connectivity index (χ0) is 10.9. The van der Waals surface area contributed by atoms with Crippen LogP contribution in [0.1, 0.15) is 52.4 Å². The van der Waals surface area contributed by atoms with E-state index in [1.54, 1.807) is 0 Å². The number of ketones is 1. The van der Waals surface area contributed by atoms with Crippen molar-refractivity contribution < 1.29 is 4.79 Å². The summed E-state index contributed by atoms with van der Waals surface area (Å²) >= 11 is 0. The molecule has 1 unspecified atom stereocenters. The molecule has 0 amide bonds. The second kappa shape index (κ2) is 4.25. The Morgan fingerprint density at radius 2 is 2.27 bits per heavy atom. The van der Waals surface area contributed by atoms with Gasteiger partial charge in [-0.25, -0.2) is 0 Å². The van der Waals surface area contributed by atoms with Gasteiger partial charge in [0.2, 0.25) is 0 Å². The summed E-state index contributed by atoms with van der Waals surface area (Å²) in [6.45, 7) is 6.77. The smallest absolute Gasteiger partial charge is 0.153 e. The van der Waals surface area contributed by atoms with Crippen molar-refractivity contribution in [3.05, 3.63) is 0 Å². The Hall–Kier alpha value is -0.370. The third kappa shape index (κ3) is 1.84. The van der Waals surface area contributed by atoms with Crippen LogP contribution in [-0.2, 0) is 4.79 Å². The molecule has 2 nitrogen and oxygen atoms in total. The van der Waals surface area contributed by atoms with Crippen LogP contribution in [0.2, 0.25) is 0 Å². The maximum atomic E-state index is 12.2. The molecule has 2 heteroatoms. The van der Waals surface area contributed by atoms with E-state index >= 15 is 0 Å². The number of carbonyl (C=O) groups excluding carboxylic acids is 1. The summed E-state index contributed by atoms with van der Waals surface area (Å²) in [6, 6.07) is 0. The van der Waals surface area contributed by atoms with Crippen LogP contribution >= 0.6 is 0 Å². The molecule has 1 aliphatic heterocycles. The van der Waals surface area contributed by atoms with E-state index in [1.807, 2.05) is 0 Å². The summed E-state index contributed by atoms with van der Waals surface area (Å²) in [7, 11) is 0. The van der Waals surface area contributed by atoms with Gasteiger partial charge in [0.25, 0.3) is 0 Å². The van der Waals surface area contributed by atoms with Gasteiger partial charge < -0.3 is 0 Å². The van der Waals surface area contributed by atoms with Crippen molar-refractivity contribution in [1.82, 2.24) is 4.90 Å². The van der Waals surface area contributed by atoms with Crippen molar-refractivity contribution in [2.24, 2.45) is 5.92 Å². The zero-order valence-electron chi connectivity index (χ0n) is 10.1. The second-order valence-corrected chi connectivity index (χ2v) is 5.36. The average Bonchev–Trinajstić information content (AvgIpc) is 2.66. The zero-order valence-corrected chi connectivity index (χ0v) is 10.1. The molecule has 0 bridgehead atoms. The van der Waals surface area contributed by atoms with Crippen LogP contribution < -0.4 is 0 Å². The lowest BCUT2D eigenvalue weighted by molar-refractivity contribution is -0.134. The fourth-order valence-corrected chi connectivity index (χ4v) is 3.33. The van der Waals surface area contributed by atoms with Crippen molar-refractivity contribution in [3.63, 3.8) is 0 Å². The molecule has 2 fully saturated rings. The minimum absolute atomic E-state index is 0.0665. The highest BCUT2D eigenvalue weighted by Crippen LogP contribution is 2.36. The van der Waals surface area contributed by atoms with E-state index in [9.17, 15) is 4.79 Å². The Bertz CT molecular complexity index is 251. The van der Waals surface area contributed by atoms with Crippen LogP contribution in [0.3, 0.4) is 0 Å². The van der Waals surface area contributed by atoms with E-state index in [0.29, 0.717) is 5.78 Å². The number of Topliss-reactive ketones (excluding diaryl/α,β-unsaturated/α-hetero) is 1. The van der Waals surface area contributed by atoms with Crippen LogP contribution in [0.25, 0.3) is 0 Å². The van der Waals surface area contributed by atoms with Gasteiger partial charge in [-0.1, -0.05) is 20.3 Å². The van der Waals surface area contributed by atoms with Gasteiger partial charge in [-0.2, -0.15) is 0 Å². The molecule has 1 saturated heterocycles. The first-order valence-electron chi connectivity index (χ1n) is 6.47. The third-order valence-corrected chi connectivity index (χ3v) is 4.38. The van der Waals surface area contributed by atoms with E-state index < -0.39 is 0 Å². The standard InChI is InChI=1S/C13H23NO/c1-3-13(8-5-4-6-12(13)15)14-9-7-11(2)10-14/h11H,3-10H2,1-2H3/t11?,13-/m0/s1. The van der Waals surface area contributed by atoms with Crippen molar-refractivity contribution in [2.45, 2.75) is 57.9 Å². The first-order chi connectivity index (χ1) is 7.19. The summed E-state index contributed by atoms with van der Waals surface area (Å²) in [5.41, 5.74) is -0.0665. The molecule has 0 aromatic rings. The highest BCUT2D eigenvalue weighted by atomic mass is 16.1. The molecule has 15 heavy (non-hydrogen) atoms. The fraction of sp³-hybridized carbons (Fsp3) is 0.923. The van der Waals surface area contributed by atoms with Crippen molar-refractivity contribution in [3.8, 4) is 0 Å². The van der Waals surface area contributed by atoms with E-state index in [2.05, 4.69) is 18.7 Å². The molecule has 86 valence electrons. The molecule has 0 N–H and O–H groups in total. The summed E-state index contributed by atoms with van der Waals surface area (Å²) in [5.74, 6) is 1.30. The van der Waals surface area contributed by atoms with Gasteiger partial charge >= 0.3 is 0 Å². The Kier molecular flexibility index (Phi) is 3.15. The van der Waals surface area contributed by atoms with Gasteiger partial charge in [0.1, 0.15) is 0 Å². The van der Waals surface area contributed by atoms with E-state index in [1.165, 1.54) is 12.8 Å². The van der Waals surface area contributed by atoms with E-state index in [-0.39, 0.29) is 5.54 Å². The lowest BCUT2D eigenvalue weighted by Gasteiger charge is -2.42. The number of hydrogen-bond acceptors (Lipinski definition) is 2. The lowest BCUT2D eigenvalue weighted by atomic mass is 9.77. The molecule has 0 radical (unpaired) electrons. The number of rotatable bonds is 2. The minimum atomic E-state index is -0.0665. The molecular formula is C13H23NO. The van der Waals surface area contributed by atoms with Gasteiger partial charge in [0.15, 0.2) is 5.78 Å². The molecular weight excluding hydrogens is 186 g/mol. The Morgan fingerprint density at radius 3 is 2.80 bits per heavy atom. The lowest BCUT2D eigenvalue weighted by Crippen LogP contribution is -2.54. The molecule has 2 rings (SSSR count). The summed E-state index contributed by atoms with van der Waals surface area (Å²) < 4.78 is 0. The van der Waals surface area contributed by atoms with Gasteiger partial charge in [0.05, 0.1) is 5.54 Å². The van der Waals surface area contributed by atoms with Crippen LogP contribution in [-0.4, -0.2) is 29.3 Å². The molecule has 2 aliphatic rings. The second-order valence-electron chi connectivity index (χ2n) is 5.36. The maximum absolute atomic E-state index is 12.2. The van der Waals surface area contributed by atoms with Gasteiger partial charge in [-0.3, -0.25) is 9.69 Å². The van der Waals surface area contributed by atoms with E-state index in [4.69, 9.17) is 0 Å². The molecule has 0 aromatic heterocycles. The largest absolute Gasteiger partial charge is 0.298 e. The normalized spacial score (nSPS) is 38.5. The first-order valence-corrected chi connectivity index (χ1v) is 6.47. The first kappa shape index (κ1) is 11.1. The highest BCUT2D eigenvalue weighted by molar-refractivity contribution is 5.89. The van der Waals surface area contributed by atoms with Crippen LogP contribution in [0.5, 0.6) is 0 Å². The Balaban J connectivity index is 2.16. The predicted octanol–water partition coefficient (Wildman–Crippen LogP) is 2.62.